The Morgan fingerprint density at radius 3 is 2.30 bits per heavy atom. The normalized spacial score (nSPS) is 12.2. The molecule has 1 aromatic heterocycles. The van der Waals surface area contributed by atoms with Crippen LogP contribution in [0.5, 0.6) is 11.5 Å². The van der Waals surface area contributed by atoms with Crippen molar-refractivity contribution >= 4 is 0 Å². The second-order valence-electron chi connectivity index (χ2n) is 4.70. The SMILES string of the molecule is CNC(c1ccc(OC)cc1OC)c1cc(C)oc1C. The van der Waals surface area contributed by atoms with Crippen molar-refractivity contribution in [2.24, 2.45) is 0 Å². The first-order chi connectivity index (χ1) is 9.60. The Morgan fingerprint density at radius 2 is 1.80 bits per heavy atom. The Bertz CT molecular complexity index is 589. The number of hydrogen-bond acceptors (Lipinski definition) is 4. The highest BCUT2D eigenvalue weighted by atomic mass is 16.5. The van der Waals surface area contributed by atoms with Crippen molar-refractivity contribution in [1.82, 2.24) is 5.32 Å². The minimum atomic E-state index is 0.0216. The van der Waals surface area contributed by atoms with Crippen LogP contribution in [0.1, 0.15) is 28.7 Å². The summed E-state index contributed by atoms with van der Waals surface area (Å²) < 4.78 is 16.4. The lowest BCUT2D eigenvalue weighted by Crippen LogP contribution is -2.18. The van der Waals surface area contributed by atoms with Gasteiger partial charge < -0.3 is 19.2 Å². The lowest BCUT2D eigenvalue weighted by Gasteiger charge is -2.19. The van der Waals surface area contributed by atoms with Gasteiger partial charge in [0.2, 0.25) is 0 Å². The molecule has 20 heavy (non-hydrogen) atoms. The molecule has 1 atom stereocenters. The van der Waals surface area contributed by atoms with E-state index >= 15 is 0 Å². The molecule has 0 saturated carbocycles. The molecule has 2 rings (SSSR count). The molecule has 0 radical (unpaired) electrons. The second-order valence-corrected chi connectivity index (χ2v) is 4.70. The predicted octanol–water partition coefficient (Wildman–Crippen LogP) is 3.22. The maximum Gasteiger partial charge on any atom is 0.127 e. The zero-order valence-electron chi connectivity index (χ0n) is 12.6. The third kappa shape index (κ3) is 2.65. The summed E-state index contributed by atoms with van der Waals surface area (Å²) in [5.41, 5.74) is 2.17. The molecule has 0 bridgehead atoms. The molecule has 0 saturated heterocycles. The molecule has 0 aliphatic carbocycles. The van der Waals surface area contributed by atoms with Gasteiger partial charge in [-0.2, -0.15) is 0 Å². The van der Waals surface area contributed by atoms with Crippen LogP contribution in [0.15, 0.2) is 28.7 Å². The lowest BCUT2D eigenvalue weighted by atomic mass is 9.98. The van der Waals surface area contributed by atoms with Gasteiger partial charge in [-0.25, -0.2) is 0 Å². The van der Waals surface area contributed by atoms with Gasteiger partial charge >= 0.3 is 0 Å². The predicted molar refractivity (Wildman–Crippen MR) is 78.6 cm³/mol. The van der Waals surface area contributed by atoms with Crippen LogP contribution in [0, 0.1) is 13.8 Å². The standard InChI is InChI=1S/C16H21NO3/c1-10-8-14(11(2)20-10)16(17-3)13-7-6-12(18-4)9-15(13)19-5/h6-9,16-17H,1-5H3. The van der Waals surface area contributed by atoms with Gasteiger partial charge in [-0.1, -0.05) is 0 Å². The first-order valence-corrected chi connectivity index (χ1v) is 6.56. The van der Waals surface area contributed by atoms with E-state index in [-0.39, 0.29) is 6.04 Å². The summed E-state index contributed by atoms with van der Waals surface area (Å²) >= 11 is 0. The highest BCUT2D eigenvalue weighted by Crippen LogP contribution is 2.34. The molecule has 4 heteroatoms. The van der Waals surface area contributed by atoms with Gasteiger partial charge in [-0.05, 0) is 39.1 Å². The fraction of sp³-hybridized carbons (Fsp3) is 0.375. The van der Waals surface area contributed by atoms with Gasteiger partial charge in [0.25, 0.3) is 0 Å². The summed E-state index contributed by atoms with van der Waals surface area (Å²) in [6.45, 7) is 3.93. The molecule has 1 heterocycles. The molecular formula is C16H21NO3. The monoisotopic (exact) mass is 275 g/mol. The van der Waals surface area contributed by atoms with Crippen molar-refractivity contribution in [3.8, 4) is 11.5 Å². The van der Waals surface area contributed by atoms with Crippen LogP contribution in [-0.4, -0.2) is 21.3 Å². The zero-order chi connectivity index (χ0) is 14.7. The maximum absolute atomic E-state index is 5.63. The molecule has 0 amide bonds. The number of rotatable bonds is 5. The second kappa shape index (κ2) is 6.01. The van der Waals surface area contributed by atoms with E-state index in [0.29, 0.717) is 0 Å². The summed E-state index contributed by atoms with van der Waals surface area (Å²) in [6.07, 6.45) is 0. The molecule has 0 aliphatic heterocycles. The molecule has 0 fully saturated rings. The van der Waals surface area contributed by atoms with Crippen LogP contribution >= 0.6 is 0 Å². The lowest BCUT2D eigenvalue weighted by molar-refractivity contribution is 0.388. The minimum Gasteiger partial charge on any atom is -0.497 e. The smallest absolute Gasteiger partial charge is 0.127 e. The molecule has 0 spiro atoms. The first-order valence-electron chi connectivity index (χ1n) is 6.56. The van der Waals surface area contributed by atoms with Gasteiger partial charge in [0.05, 0.1) is 20.3 Å². The van der Waals surface area contributed by atoms with E-state index in [2.05, 4.69) is 11.4 Å². The van der Waals surface area contributed by atoms with E-state index in [4.69, 9.17) is 13.9 Å². The van der Waals surface area contributed by atoms with Crippen molar-refractivity contribution in [2.75, 3.05) is 21.3 Å². The van der Waals surface area contributed by atoms with Crippen LogP contribution < -0.4 is 14.8 Å². The maximum atomic E-state index is 5.63. The van der Waals surface area contributed by atoms with E-state index in [1.165, 1.54) is 0 Å². The quantitative estimate of drug-likeness (QED) is 0.910. The zero-order valence-corrected chi connectivity index (χ0v) is 12.6. The Kier molecular flexibility index (Phi) is 4.35. The Labute approximate surface area is 119 Å². The van der Waals surface area contributed by atoms with E-state index in [1.807, 2.05) is 39.1 Å². The average molecular weight is 275 g/mol. The highest BCUT2D eigenvalue weighted by molar-refractivity contribution is 5.46. The van der Waals surface area contributed by atoms with Gasteiger partial charge in [0.1, 0.15) is 23.0 Å². The number of ether oxygens (including phenoxy) is 2. The summed E-state index contributed by atoms with van der Waals surface area (Å²) in [6, 6.07) is 7.92. The molecule has 108 valence electrons. The molecule has 2 aromatic rings. The molecular weight excluding hydrogens is 254 g/mol. The number of methoxy groups -OCH3 is 2. The third-order valence-corrected chi connectivity index (χ3v) is 3.43. The summed E-state index contributed by atoms with van der Waals surface area (Å²) in [5.74, 6) is 3.40. The number of hydrogen-bond donors (Lipinski definition) is 1. The van der Waals surface area contributed by atoms with Crippen molar-refractivity contribution in [1.29, 1.82) is 0 Å². The van der Waals surface area contributed by atoms with E-state index in [9.17, 15) is 0 Å². The van der Waals surface area contributed by atoms with Gasteiger partial charge in [0.15, 0.2) is 0 Å². The van der Waals surface area contributed by atoms with Crippen molar-refractivity contribution in [3.05, 3.63) is 46.9 Å². The number of benzene rings is 1. The van der Waals surface area contributed by atoms with Crippen LogP contribution in [-0.2, 0) is 0 Å². The molecule has 0 aliphatic rings. The summed E-state index contributed by atoms with van der Waals surface area (Å²) in [5, 5.41) is 3.32. The van der Waals surface area contributed by atoms with Gasteiger partial charge in [-0.3, -0.25) is 0 Å². The van der Waals surface area contributed by atoms with Gasteiger partial charge in [0, 0.05) is 17.2 Å². The molecule has 1 unspecified atom stereocenters. The average Bonchev–Trinajstić information content (AvgIpc) is 2.79. The molecule has 4 nitrogen and oxygen atoms in total. The largest absolute Gasteiger partial charge is 0.497 e. The fourth-order valence-corrected chi connectivity index (χ4v) is 2.47. The summed E-state index contributed by atoms with van der Waals surface area (Å²) in [4.78, 5) is 0. The van der Waals surface area contributed by atoms with Crippen LogP contribution in [0.4, 0.5) is 0 Å². The van der Waals surface area contributed by atoms with Crippen LogP contribution in [0.3, 0.4) is 0 Å². The Hall–Kier alpha value is -1.94. The van der Waals surface area contributed by atoms with Crippen molar-refractivity contribution in [3.63, 3.8) is 0 Å². The Morgan fingerprint density at radius 1 is 1.05 bits per heavy atom. The van der Waals surface area contributed by atoms with E-state index < -0.39 is 0 Å². The molecule has 1 N–H and O–H groups in total. The minimum absolute atomic E-state index is 0.0216. The Balaban J connectivity index is 2.49. The number of furan rings is 1. The van der Waals surface area contributed by atoms with E-state index in [1.54, 1.807) is 14.2 Å². The summed E-state index contributed by atoms with van der Waals surface area (Å²) in [7, 11) is 5.24. The topological polar surface area (TPSA) is 43.6 Å². The van der Waals surface area contributed by atoms with Crippen LogP contribution in [0.2, 0.25) is 0 Å². The highest BCUT2D eigenvalue weighted by Gasteiger charge is 2.21. The van der Waals surface area contributed by atoms with E-state index in [0.717, 1.165) is 34.1 Å². The van der Waals surface area contributed by atoms with Crippen molar-refractivity contribution < 1.29 is 13.9 Å². The third-order valence-electron chi connectivity index (χ3n) is 3.43. The number of nitrogens with one attached hydrogen (secondary N) is 1. The van der Waals surface area contributed by atoms with Gasteiger partial charge in [-0.15, -0.1) is 0 Å². The van der Waals surface area contributed by atoms with Crippen molar-refractivity contribution in [2.45, 2.75) is 19.9 Å². The first kappa shape index (κ1) is 14.5. The number of aryl methyl sites for hydroxylation is 2. The molecule has 1 aromatic carbocycles. The van der Waals surface area contributed by atoms with Crippen LogP contribution in [0.25, 0.3) is 0 Å². The fourth-order valence-electron chi connectivity index (χ4n) is 2.47.